The molecule has 1 amide bonds. The van der Waals surface area contributed by atoms with Crippen LogP contribution in [0.15, 0.2) is 24.3 Å². The number of aryl methyl sites for hydroxylation is 1. The number of nitrogens with two attached hydrogens (primary N) is 1. The molecule has 0 fully saturated rings. The smallest absolute Gasteiger partial charge is 0.254 e. The van der Waals surface area contributed by atoms with Crippen molar-refractivity contribution < 1.29 is 9.53 Å². The van der Waals surface area contributed by atoms with E-state index >= 15 is 0 Å². The number of para-hydroxylation sites is 1. The molecule has 1 aromatic carbocycles. The maximum Gasteiger partial charge on any atom is 0.254 e. The fourth-order valence-corrected chi connectivity index (χ4v) is 1.65. The van der Waals surface area contributed by atoms with Gasteiger partial charge in [0.25, 0.3) is 5.91 Å². The van der Waals surface area contributed by atoms with Crippen molar-refractivity contribution in [1.82, 2.24) is 0 Å². The van der Waals surface area contributed by atoms with Gasteiger partial charge in [-0.3, -0.25) is 4.79 Å². The molecule has 0 aromatic heterocycles. The first kappa shape index (κ1) is 16.9. The third-order valence-electron chi connectivity index (χ3n) is 2.59. The van der Waals surface area contributed by atoms with Gasteiger partial charge < -0.3 is 15.8 Å². The Bertz CT molecular complexity index is 368. The van der Waals surface area contributed by atoms with E-state index in [1.807, 2.05) is 24.3 Å². The van der Waals surface area contributed by atoms with Crippen molar-refractivity contribution in [2.45, 2.75) is 25.9 Å². The minimum Gasteiger partial charge on any atom is -0.370 e. The number of ether oxygens (including phenoxy) is 1. The zero-order chi connectivity index (χ0) is 12.7. The van der Waals surface area contributed by atoms with Gasteiger partial charge in [-0.05, 0) is 18.1 Å². The van der Waals surface area contributed by atoms with Gasteiger partial charge in [0.1, 0.15) is 6.10 Å². The Labute approximate surface area is 114 Å². The lowest BCUT2D eigenvalue weighted by atomic mass is 10.1. The maximum absolute atomic E-state index is 11.8. The maximum atomic E-state index is 11.8. The van der Waals surface area contributed by atoms with Crippen LogP contribution in [0.5, 0.6) is 0 Å². The molecule has 18 heavy (non-hydrogen) atoms. The molecule has 102 valence electrons. The van der Waals surface area contributed by atoms with Gasteiger partial charge in [0.05, 0.1) is 0 Å². The molecule has 0 aliphatic carbocycles. The van der Waals surface area contributed by atoms with Crippen LogP contribution in [0.2, 0.25) is 0 Å². The van der Waals surface area contributed by atoms with Crippen LogP contribution in [0.1, 0.15) is 18.9 Å². The van der Waals surface area contributed by atoms with Gasteiger partial charge in [0.15, 0.2) is 0 Å². The lowest BCUT2D eigenvalue weighted by Crippen LogP contribution is -2.36. The number of hydrogen-bond acceptors (Lipinski definition) is 3. The Kier molecular flexibility index (Phi) is 8.37. The number of amides is 1. The van der Waals surface area contributed by atoms with Gasteiger partial charge in [0.2, 0.25) is 0 Å². The molecular formula is C13H21ClN2O2. The van der Waals surface area contributed by atoms with Gasteiger partial charge in [-0.15, -0.1) is 12.4 Å². The van der Waals surface area contributed by atoms with E-state index < -0.39 is 6.10 Å². The van der Waals surface area contributed by atoms with E-state index in [2.05, 4.69) is 12.2 Å². The molecule has 0 aliphatic heterocycles. The van der Waals surface area contributed by atoms with Crippen LogP contribution in [-0.4, -0.2) is 25.7 Å². The summed E-state index contributed by atoms with van der Waals surface area (Å²) in [4.78, 5) is 11.8. The van der Waals surface area contributed by atoms with Crippen LogP contribution in [0, 0.1) is 0 Å². The number of halogens is 1. The molecule has 0 saturated carbocycles. The third-order valence-corrected chi connectivity index (χ3v) is 2.59. The Morgan fingerprint density at radius 2 is 2.11 bits per heavy atom. The Morgan fingerprint density at radius 3 is 2.67 bits per heavy atom. The molecule has 1 rings (SSSR count). The van der Waals surface area contributed by atoms with Gasteiger partial charge >= 0.3 is 0 Å². The van der Waals surface area contributed by atoms with Crippen LogP contribution >= 0.6 is 12.4 Å². The van der Waals surface area contributed by atoms with Crippen LogP contribution in [0.4, 0.5) is 5.69 Å². The molecule has 1 unspecified atom stereocenters. The normalized spacial score (nSPS) is 11.5. The number of carbonyl (C=O) groups is 1. The highest BCUT2D eigenvalue weighted by atomic mass is 35.5. The number of benzene rings is 1. The van der Waals surface area contributed by atoms with Gasteiger partial charge in [-0.1, -0.05) is 31.5 Å². The van der Waals surface area contributed by atoms with E-state index in [0.717, 1.165) is 24.1 Å². The van der Waals surface area contributed by atoms with Crippen molar-refractivity contribution in [3.8, 4) is 0 Å². The zero-order valence-corrected chi connectivity index (χ0v) is 11.6. The summed E-state index contributed by atoms with van der Waals surface area (Å²) in [6.07, 6.45) is 1.39. The predicted octanol–water partition coefficient (Wildman–Crippen LogP) is 1.97. The van der Waals surface area contributed by atoms with E-state index in [0.29, 0.717) is 0 Å². The molecule has 0 saturated heterocycles. The predicted molar refractivity (Wildman–Crippen MR) is 76.2 cm³/mol. The number of carbonyl (C=O) groups excluding carboxylic acids is 1. The summed E-state index contributed by atoms with van der Waals surface area (Å²) in [5.41, 5.74) is 7.43. The standard InChI is InChI=1S/C13H20N2O2.ClH/c1-3-6-10-7-4-5-8-11(10)15-13(16)12(9-14)17-2;/h4-5,7-8,12H,3,6,9,14H2,1-2H3,(H,15,16);1H. The molecule has 5 heteroatoms. The van der Waals surface area contributed by atoms with Crippen molar-refractivity contribution in [1.29, 1.82) is 0 Å². The van der Waals surface area contributed by atoms with E-state index in [-0.39, 0.29) is 24.9 Å². The van der Waals surface area contributed by atoms with Crippen LogP contribution in [0.25, 0.3) is 0 Å². The molecule has 0 radical (unpaired) electrons. The topological polar surface area (TPSA) is 64.4 Å². The van der Waals surface area contributed by atoms with Crippen LogP contribution in [0.3, 0.4) is 0 Å². The van der Waals surface area contributed by atoms with E-state index in [1.54, 1.807) is 0 Å². The first-order valence-electron chi connectivity index (χ1n) is 5.84. The number of nitrogens with one attached hydrogen (secondary N) is 1. The lowest BCUT2D eigenvalue weighted by Gasteiger charge is -2.15. The first-order chi connectivity index (χ1) is 8.22. The number of methoxy groups -OCH3 is 1. The molecule has 0 spiro atoms. The lowest BCUT2D eigenvalue weighted by molar-refractivity contribution is -0.125. The Morgan fingerprint density at radius 1 is 1.44 bits per heavy atom. The molecule has 1 atom stereocenters. The second kappa shape index (κ2) is 8.91. The number of hydrogen-bond donors (Lipinski definition) is 2. The third kappa shape index (κ3) is 4.64. The highest BCUT2D eigenvalue weighted by Gasteiger charge is 2.16. The monoisotopic (exact) mass is 272 g/mol. The van der Waals surface area contributed by atoms with E-state index in [9.17, 15) is 4.79 Å². The van der Waals surface area contributed by atoms with E-state index in [1.165, 1.54) is 7.11 Å². The second-order valence-corrected chi connectivity index (χ2v) is 3.86. The number of rotatable bonds is 6. The average molecular weight is 273 g/mol. The molecule has 0 aliphatic rings. The highest BCUT2D eigenvalue weighted by Crippen LogP contribution is 2.17. The fourth-order valence-electron chi connectivity index (χ4n) is 1.65. The summed E-state index contributed by atoms with van der Waals surface area (Å²) in [5, 5.41) is 2.85. The second-order valence-electron chi connectivity index (χ2n) is 3.86. The highest BCUT2D eigenvalue weighted by molar-refractivity contribution is 5.95. The van der Waals surface area contributed by atoms with Crippen molar-refractivity contribution in [3.05, 3.63) is 29.8 Å². The van der Waals surface area contributed by atoms with Crippen LogP contribution in [-0.2, 0) is 16.0 Å². The fraction of sp³-hybridized carbons (Fsp3) is 0.462. The molecule has 1 aromatic rings. The number of anilines is 1. The molecule has 0 heterocycles. The zero-order valence-electron chi connectivity index (χ0n) is 10.8. The SMILES string of the molecule is CCCc1ccccc1NC(=O)C(CN)OC.Cl. The van der Waals surface area contributed by atoms with Gasteiger partial charge in [0, 0.05) is 19.3 Å². The minimum atomic E-state index is -0.593. The largest absolute Gasteiger partial charge is 0.370 e. The summed E-state index contributed by atoms with van der Waals surface area (Å²) in [6, 6.07) is 7.78. The van der Waals surface area contributed by atoms with Crippen LogP contribution < -0.4 is 11.1 Å². The molecule has 0 bridgehead atoms. The molecule has 4 nitrogen and oxygen atoms in total. The summed E-state index contributed by atoms with van der Waals surface area (Å²) < 4.78 is 5.00. The van der Waals surface area contributed by atoms with Gasteiger partial charge in [-0.2, -0.15) is 0 Å². The van der Waals surface area contributed by atoms with E-state index in [4.69, 9.17) is 10.5 Å². The van der Waals surface area contributed by atoms with Gasteiger partial charge in [-0.25, -0.2) is 0 Å². The Balaban J connectivity index is 0.00000289. The Hall–Kier alpha value is -1.10. The van der Waals surface area contributed by atoms with Crippen molar-refractivity contribution in [2.24, 2.45) is 5.73 Å². The first-order valence-corrected chi connectivity index (χ1v) is 5.84. The molecular weight excluding hydrogens is 252 g/mol. The molecule has 3 N–H and O–H groups in total. The summed E-state index contributed by atoms with van der Waals surface area (Å²) in [5.74, 6) is -0.196. The summed E-state index contributed by atoms with van der Waals surface area (Å²) >= 11 is 0. The van der Waals surface area contributed by atoms with Crippen molar-refractivity contribution in [2.75, 3.05) is 19.0 Å². The average Bonchev–Trinajstić information content (AvgIpc) is 2.33. The summed E-state index contributed by atoms with van der Waals surface area (Å²) in [6.45, 7) is 2.29. The minimum absolute atomic E-state index is 0. The van der Waals surface area contributed by atoms with Crippen molar-refractivity contribution in [3.63, 3.8) is 0 Å². The summed E-state index contributed by atoms with van der Waals surface area (Å²) in [7, 11) is 1.48. The van der Waals surface area contributed by atoms with Crippen molar-refractivity contribution >= 4 is 24.0 Å². The quantitative estimate of drug-likeness (QED) is 0.832.